The van der Waals surface area contributed by atoms with Crippen molar-refractivity contribution in [3.05, 3.63) is 69.7 Å². The monoisotopic (exact) mass is 525 g/mol. The van der Waals surface area contributed by atoms with Crippen LogP contribution in [0.15, 0.2) is 42.5 Å². The number of rotatable bonds is 9. The minimum Gasteiger partial charge on any atom is -0.508 e. The van der Waals surface area contributed by atoms with Crippen molar-refractivity contribution >= 4 is 46.6 Å². The van der Waals surface area contributed by atoms with E-state index in [2.05, 4.69) is 9.69 Å². The van der Waals surface area contributed by atoms with Crippen molar-refractivity contribution in [1.82, 2.24) is 9.69 Å². The van der Waals surface area contributed by atoms with Crippen LogP contribution in [0.5, 0.6) is 5.75 Å². The number of nitrogens with zero attached hydrogens (tertiary/aromatic N) is 2. The van der Waals surface area contributed by atoms with Gasteiger partial charge in [-0.05, 0) is 73.3 Å². The van der Waals surface area contributed by atoms with E-state index in [1.807, 2.05) is 13.8 Å². The number of anilines is 2. The van der Waals surface area contributed by atoms with Crippen molar-refractivity contribution in [2.45, 2.75) is 26.8 Å². The van der Waals surface area contributed by atoms with Crippen LogP contribution in [0.25, 0.3) is 0 Å². The molecule has 0 spiro atoms. The zero-order valence-electron chi connectivity index (χ0n) is 20.5. The fraction of sp³-hybridized carbons (Fsp3) is 0.240. The molecule has 2 aromatic carbocycles. The van der Waals surface area contributed by atoms with Crippen molar-refractivity contribution in [2.24, 2.45) is 5.73 Å². The largest absolute Gasteiger partial charge is 0.508 e. The van der Waals surface area contributed by atoms with Crippen LogP contribution in [0, 0.1) is 13.8 Å². The Morgan fingerprint density at radius 1 is 1.11 bits per heavy atom. The van der Waals surface area contributed by atoms with Gasteiger partial charge in [0.05, 0.1) is 12.3 Å². The lowest BCUT2D eigenvalue weighted by molar-refractivity contribution is -0.143. The van der Waals surface area contributed by atoms with E-state index in [0.29, 0.717) is 22.8 Å². The lowest BCUT2D eigenvalue weighted by atomic mass is 10.0. The Hall–Kier alpha value is -4.45. The average Bonchev–Trinajstić information content (AvgIpc) is 3.25. The first-order valence-corrected chi connectivity index (χ1v) is 12.0. The van der Waals surface area contributed by atoms with E-state index in [4.69, 9.17) is 16.2 Å². The summed E-state index contributed by atoms with van der Waals surface area (Å²) in [7, 11) is 0. The molecule has 12 heteroatoms. The highest BCUT2D eigenvalue weighted by Crippen LogP contribution is 2.34. The van der Waals surface area contributed by atoms with Gasteiger partial charge in [0, 0.05) is 5.69 Å². The Balaban J connectivity index is 2.18. The minimum absolute atomic E-state index is 0.0451. The molecular formula is C25H27N5O6S. The van der Waals surface area contributed by atoms with Crippen LogP contribution in [0.1, 0.15) is 49.8 Å². The van der Waals surface area contributed by atoms with Gasteiger partial charge in [-0.15, -0.1) is 0 Å². The number of esters is 1. The second-order valence-electron chi connectivity index (χ2n) is 8.10. The van der Waals surface area contributed by atoms with Crippen LogP contribution >= 0.6 is 11.5 Å². The second kappa shape index (κ2) is 11.5. The highest BCUT2D eigenvalue weighted by Gasteiger charge is 2.36. The van der Waals surface area contributed by atoms with Crippen LogP contribution in [0.3, 0.4) is 0 Å². The molecule has 1 atom stereocenters. The van der Waals surface area contributed by atoms with E-state index < -0.39 is 36.3 Å². The zero-order chi connectivity index (χ0) is 27.3. The molecule has 0 aliphatic rings. The summed E-state index contributed by atoms with van der Waals surface area (Å²) in [6.07, 6.45) is 0. The highest BCUT2D eigenvalue weighted by atomic mass is 32.1. The molecule has 0 saturated heterocycles. The van der Waals surface area contributed by atoms with Crippen molar-refractivity contribution in [3.63, 3.8) is 0 Å². The second-order valence-corrected chi connectivity index (χ2v) is 8.87. The molecule has 0 aliphatic carbocycles. The van der Waals surface area contributed by atoms with Crippen molar-refractivity contribution in [1.29, 1.82) is 0 Å². The van der Waals surface area contributed by atoms with Gasteiger partial charge in [0.2, 0.25) is 5.91 Å². The molecule has 3 rings (SSSR count). The third kappa shape index (κ3) is 6.04. The first-order chi connectivity index (χ1) is 17.5. The number of nitrogen functional groups attached to an aromatic ring is 1. The van der Waals surface area contributed by atoms with Gasteiger partial charge >= 0.3 is 5.97 Å². The normalized spacial score (nSPS) is 11.4. The van der Waals surface area contributed by atoms with Gasteiger partial charge in [-0.2, -0.15) is 4.37 Å². The molecule has 3 amide bonds. The first-order valence-electron chi connectivity index (χ1n) is 11.2. The standard InChI is InChI=1S/C25H27N5O6S/c1-4-36-18(32)12-28-24(34)21(15-6-9-17(31)10-7-15)30(16-8-5-13(2)14(3)11-16)25(35)22-19(26)20(23(27)33)29-37-22/h5-11,21,31H,4,12,26H2,1-3H3,(H2,27,33)(H,28,34)/t21-/m0/s1. The minimum atomic E-state index is -1.30. The number of aromatic nitrogens is 1. The number of hydrogen-bond donors (Lipinski definition) is 4. The van der Waals surface area contributed by atoms with E-state index in [9.17, 15) is 24.3 Å². The quantitative estimate of drug-likeness (QED) is 0.307. The Bertz CT molecular complexity index is 1340. The summed E-state index contributed by atoms with van der Waals surface area (Å²) in [6, 6.07) is 9.59. The fourth-order valence-corrected chi connectivity index (χ4v) is 4.28. The molecule has 37 heavy (non-hydrogen) atoms. The molecule has 1 heterocycles. The zero-order valence-corrected chi connectivity index (χ0v) is 21.3. The van der Waals surface area contributed by atoms with Crippen LogP contribution in [-0.4, -0.2) is 46.3 Å². The third-order valence-electron chi connectivity index (χ3n) is 5.57. The molecule has 1 aromatic heterocycles. The van der Waals surface area contributed by atoms with Crippen molar-refractivity contribution in [2.75, 3.05) is 23.8 Å². The number of nitrogens with two attached hydrogens (primary N) is 2. The number of phenolic OH excluding ortho intramolecular Hbond substituents is 1. The average molecular weight is 526 g/mol. The number of carbonyl (C=O) groups excluding carboxylic acids is 4. The summed E-state index contributed by atoms with van der Waals surface area (Å²) in [4.78, 5) is 52.3. The summed E-state index contributed by atoms with van der Waals surface area (Å²) in [6.45, 7) is 5.10. The number of aromatic hydroxyl groups is 1. The van der Waals surface area contributed by atoms with Gasteiger partial charge in [-0.3, -0.25) is 24.1 Å². The number of phenols is 1. The summed E-state index contributed by atoms with van der Waals surface area (Å²) >= 11 is 0.682. The summed E-state index contributed by atoms with van der Waals surface area (Å²) in [5.41, 5.74) is 13.4. The lowest BCUT2D eigenvalue weighted by Gasteiger charge is -2.31. The van der Waals surface area contributed by atoms with Gasteiger partial charge in [-0.25, -0.2) is 0 Å². The Kier molecular flexibility index (Phi) is 8.45. The number of benzene rings is 2. The predicted octanol–water partition coefficient (Wildman–Crippen LogP) is 2.21. The van der Waals surface area contributed by atoms with Crippen molar-refractivity contribution in [3.8, 4) is 5.75 Å². The van der Waals surface area contributed by atoms with Gasteiger partial charge in [0.15, 0.2) is 5.69 Å². The van der Waals surface area contributed by atoms with E-state index in [1.165, 1.54) is 29.2 Å². The van der Waals surface area contributed by atoms with Crippen LogP contribution in [0.4, 0.5) is 11.4 Å². The Morgan fingerprint density at radius 2 is 1.78 bits per heavy atom. The maximum Gasteiger partial charge on any atom is 0.325 e. The number of primary amides is 1. The molecule has 0 saturated carbocycles. The molecule has 6 N–H and O–H groups in total. The Labute approximate surface area is 217 Å². The van der Waals surface area contributed by atoms with Crippen LogP contribution in [-0.2, 0) is 14.3 Å². The SMILES string of the molecule is CCOC(=O)CNC(=O)[C@H](c1ccc(O)cc1)N(C(=O)c1snc(C(N)=O)c1N)c1ccc(C)c(C)c1. The van der Waals surface area contributed by atoms with Gasteiger partial charge in [-0.1, -0.05) is 18.2 Å². The van der Waals surface area contributed by atoms with Crippen LogP contribution < -0.4 is 21.7 Å². The van der Waals surface area contributed by atoms with Gasteiger partial charge in [0.25, 0.3) is 11.8 Å². The summed E-state index contributed by atoms with van der Waals surface area (Å²) < 4.78 is 8.80. The molecule has 3 aromatic rings. The van der Waals surface area contributed by atoms with Crippen LogP contribution in [0.2, 0.25) is 0 Å². The molecule has 0 radical (unpaired) electrons. The number of aryl methyl sites for hydroxylation is 2. The molecule has 194 valence electrons. The van der Waals surface area contributed by atoms with E-state index in [-0.39, 0.29) is 28.6 Å². The molecule has 0 unspecified atom stereocenters. The topological polar surface area (TPSA) is 178 Å². The molecule has 0 bridgehead atoms. The number of hydrogen-bond acceptors (Lipinski definition) is 9. The number of amides is 3. The smallest absolute Gasteiger partial charge is 0.325 e. The van der Waals surface area contributed by atoms with E-state index >= 15 is 0 Å². The van der Waals surface area contributed by atoms with E-state index in [1.54, 1.807) is 25.1 Å². The van der Waals surface area contributed by atoms with E-state index in [0.717, 1.165) is 11.1 Å². The first kappa shape index (κ1) is 27.1. The van der Waals surface area contributed by atoms with Crippen molar-refractivity contribution < 1.29 is 29.0 Å². The third-order valence-corrected chi connectivity index (χ3v) is 6.42. The molecular weight excluding hydrogens is 498 g/mol. The summed E-state index contributed by atoms with van der Waals surface area (Å²) in [5, 5.41) is 12.3. The number of ether oxygens (including phenoxy) is 1. The fourth-order valence-electron chi connectivity index (χ4n) is 3.54. The maximum atomic E-state index is 14.0. The molecule has 0 aliphatic heterocycles. The number of carbonyl (C=O) groups is 4. The summed E-state index contributed by atoms with van der Waals surface area (Å²) in [5.74, 6) is -3.00. The molecule has 0 fully saturated rings. The highest BCUT2D eigenvalue weighted by molar-refractivity contribution is 7.09. The Morgan fingerprint density at radius 3 is 2.35 bits per heavy atom. The number of nitrogens with one attached hydrogen (secondary N) is 1. The van der Waals surface area contributed by atoms with Gasteiger partial charge in [0.1, 0.15) is 23.2 Å². The predicted molar refractivity (Wildman–Crippen MR) is 138 cm³/mol. The lowest BCUT2D eigenvalue weighted by Crippen LogP contribution is -2.45. The maximum absolute atomic E-state index is 14.0. The van der Waals surface area contributed by atoms with Gasteiger partial charge < -0.3 is 26.6 Å². The molecule has 11 nitrogen and oxygen atoms in total.